The van der Waals surface area contributed by atoms with Crippen LogP contribution in [0.25, 0.3) is 6.08 Å². The zero-order valence-electron chi connectivity index (χ0n) is 12.6. The molecule has 112 valence electrons. The van der Waals surface area contributed by atoms with Crippen molar-refractivity contribution in [1.82, 2.24) is 0 Å². The van der Waals surface area contributed by atoms with Crippen molar-refractivity contribution < 1.29 is 0 Å². The lowest BCUT2D eigenvalue weighted by Gasteiger charge is -2.04. The SMILES string of the molecule is Ic1ccccc1N=C(/C=C/c1ccccc1)c1ccccc1. The van der Waals surface area contributed by atoms with Crippen molar-refractivity contribution in [2.75, 3.05) is 0 Å². The summed E-state index contributed by atoms with van der Waals surface area (Å²) in [5, 5.41) is 0. The smallest absolute Gasteiger partial charge is 0.0770 e. The maximum absolute atomic E-state index is 4.87. The number of benzene rings is 3. The molecule has 1 nitrogen and oxygen atoms in total. The minimum Gasteiger partial charge on any atom is -0.247 e. The molecule has 0 aliphatic heterocycles. The Morgan fingerprint density at radius 2 is 1.35 bits per heavy atom. The van der Waals surface area contributed by atoms with E-state index in [1.165, 1.54) is 5.56 Å². The molecule has 2 heteroatoms. The van der Waals surface area contributed by atoms with E-state index in [9.17, 15) is 0 Å². The summed E-state index contributed by atoms with van der Waals surface area (Å²) >= 11 is 2.32. The van der Waals surface area contributed by atoms with Crippen molar-refractivity contribution in [3.63, 3.8) is 0 Å². The van der Waals surface area contributed by atoms with Gasteiger partial charge in [-0.3, -0.25) is 0 Å². The standard InChI is InChI=1S/C21H16IN/c22-19-13-7-8-14-21(19)23-20(18-11-5-2-6-12-18)16-15-17-9-3-1-4-10-17/h1-16H/b16-15+,23-20?. The Morgan fingerprint density at radius 3 is 2.04 bits per heavy atom. The molecule has 0 amide bonds. The molecule has 0 unspecified atom stereocenters. The second-order valence-electron chi connectivity index (χ2n) is 5.06. The fraction of sp³-hybridized carbons (Fsp3) is 0. The van der Waals surface area contributed by atoms with Gasteiger partial charge in [-0.2, -0.15) is 0 Å². The zero-order valence-corrected chi connectivity index (χ0v) is 14.7. The lowest BCUT2D eigenvalue weighted by atomic mass is 10.1. The molecule has 3 aromatic carbocycles. The largest absolute Gasteiger partial charge is 0.247 e. The predicted molar refractivity (Wildman–Crippen MR) is 107 cm³/mol. The van der Waals surface area contributed by atoms with E-state index in [0.717, 1.165) is 20.5 Å². The Bertz CT molecular complexity index is 821. The first kappa shape index (κ1) is 15.7. The van der Waals surface area contributed by atoms with Crippen LogP contribution in [0, 0.1) is 3.57 Å². The lowest BCUT2D eigenvalue weighted by Crippen LogP contribution is -1.96. The average Bonchev–Trinajstić information content (AvgIpc) is 2.62. The second kappa shape index (κ2) is 7.88. The molecule has 0 N–H and O–H groups in total. The highest BCUT2D eigenvalue weighted by molar-refractivity contribution is 14.1. The van der Waals surface area contributed by atoms with Gasteiger partial charge < -0.3 is 0 Å². The Kier molecular flexibility index (Phi) is 5.37. The van der Waals surface area contributed by atoms with E-state index in [1.54, 1.807) is 0 Å². The van der Waals surface area contributed by atoms with Gasteiger partial charge in [-0.25, -0.2) is 4.99 Å². The second-order valence-corrected chi connectivity index (χ2v) is 6.22. The van der Waals surface area contributed by atoms with Gasteiger partial charge in [0.05, 0.1) is 11.4 Å². The van der Waals surface area contributed by atoms with Crippen molar-refractivity contribution in [1.29, 1.82) is 0 Å². The molecular weight excluding hydrogens is 393 g/mol. The van der Waals surface area contributed by atoms with E-state index < -0.39 is 0 Å². The highest BCUT2D eigenvalue weighted by atomic mass is 127. The lowest BCUT2D eigenvalue weighted by molar-refractivity contribution is 1.47. The summed E-state index contributed by atoms with van der Waals surface area (Å²) in [6.45, 7) is 0. The fourth-order valence-electron chi connectivity index (χ4n) is 2.22. The Labute approximate surface area is 150 Å². The number of hydrogen-bond donors (Lipinski definition) is 0. The molecular formula is C21H16IN. The molecule has 0 aliphatic rings. The van der Waals surface area contributed by atoms with Gasteiger partial charge in [0.1, 0.15) is 0 Å². The van der Waals surface area contributed by atoms with Gasteiger partial charge in [0.15, 0.2) is 0 Å². The highest BCUT2D eigenvalue weighted by Crippen LogP contribution is 2.22. The number of para-hydroxylation sites is 1. The number of hydrogen-bond acceptors (Lipinski definition) is 1. The molecule has 0 heterocycles. The molecule has 0 bridgehead atoms. The number of nitrogens with zero attached hydrogens (tertiary/aromatic N) is 1. The maximum Gasteiger partial charge on any atom is 0.0770 e. The van der Waals surface area contributed by atoms with E-state index in [-0.39, 0.29) is 0 Å². The molecule has 0 fully saturated rings. The molecule has 0 radical (unpaired) electrons. The number of allylic oxidation sites excluding steroid dienone is 1. The van der Waals surface area contributed by atoms with Crippen LogP contribution in [0.5, 0.6) is 0 Å². The fourth-order valence-corrected chi connectivity index (χ4v) is 2.73. The van der Waals surface area contributed by atoms with Crippen LogP contribution in [0.1, 0.15) is 11.1 Å². The van der Waals surface area contributed by atoms with Crippen LogP contribution in [-0.2, 0) is 0 Å². The van der Waals surface area contributed by atoms with E-state index in [0.29, 0.717) is 0 Å². The van der Waals surface area contributed by atoms with Crippen molar-refractivity contribution in [3.8, 4) is 0 Å². The number of rotatable bonds is 4. The third-order valence-corrected chi connectivity index (χ3v) is 4.31. The highest BCUT2D eigenvalue weighted by Gasteiger charge is 2.02. The van der Waals surface area contributed by atoms with Gasteiger partial charge in [-0.05, 0) is 46.4 Å². The minimum atomic E-state index is 0.957. The summed E-state index contributed by atoms with van der Waals surface area (Å²) in [5.41, 5.74) is 4.22. The summed E-state index contributed by atoms with van der Waals surface area (Å²) in [6, 6.07) is 28.7. The van der Waals surface area contributed by atoms with Crippen LogP contribution >= 0.6 is 22.6 Å². The summed E-state index contributed by atoms with van der Waals surface area (Å²) in [7, 11) is 0. The first-order chi connectivity index (χ1) is 11.3. The van der Waals surface area contributed by atoms with Gasteiger partial charge in [0, 0.05) is 9.13 Å². The maximum atomic E-state index is 4.87. The molecule has 23 heavy (non-hydrogen) atoms. The summed E-state index contributed by atoms with van der Waals surface area (Å²) in [4.78, 5) is 4.87. The van der Waals surface area contributed by atoms with Crippen LogP contribution < -0.4 is 0 Å². The molecule has 0 saturated carbocycles. The van der Waals surface area contributed by atoms with Gasteiger partial charge in [0.25, 0.3) is 0 Å². The molecule has 0 aliphatic carbocycles. The first-order valence-corrected chi connectivity index (χ1v) is 8.52. The average molecular weight is 409 g/mol. The van der Waals surface area contributed by atoms with Crippen LogP contribution in [-0.4, -0.2) is 5.71 Å². The molecule has 3 aromatic rings. The van der Waals surface area contributed by atoms with Crippen molar-refractivity contribution in [3.05, 3.63) is 106 Å². The summed E-state index contributed by atoms with van der Waals surface area (Å²) in [6.07, 6.45) is 4.18. The number of halogens is 1. The van der Waals surface area contributed by atoms with E-state index in [4.69, 9.17) is 4.99 Å². The van der Waals surface area contributed by atoms with E-state index in [1.807, 2.05) is 54.6 Å². The Morgan fingerprint density at radius 1 is 0.739 bits per heavy atom. The normalized spacial score (nSPS) is 11.8. The molecule has 0 aromatic heterocycles. The Balaban J connectivity index is 2.01. The van der Waals surface area contributed by atoms with Crippen molar-refractivity contribution in [2.24, 2.45) is 4.99 Å². The van der Waals surface area contributed by atoms with Crippen molar-refractivity contribution >= 4 is 40.1 Å². The molecule has 0 atom stereocenters. The van der Waals surface area contributed by atoms with Crippen LogP contribution in [0.15, 0.2) is 96.0 Å². The van der Waals surface area contributed by atoms with Gasteiger partial charge >= 0.3 is 0 Å². The first-order valence-electron chi connectivity index (χ1n) is 7.45. The monoisotopic (exact) mass is 409 g/mol. The van der Waals surface area contributed by atoms with Crippen molar-refractivity contribution in [2.45, 2.75) is 0 Å². The van der Waals surface area contributed by atoms with E-state index >= 15 is 0 Å². The topological polar surface area (TPSA) is 12.4 Å². The quantitative estimate of drug-likeness (QED) is 0.363. The summed E-state index contributed by atoms with van der Waals surface area (Å²) < 4.78 is 1.15. The van der Waals surface area contributed by atoms with Crippen LogP contribution in [0.4, 0.5) is 5.69 Å². The third-order valence-electron chi connectivity index (χ3n) is 3.40. The zero-order chi connectivity index (χ0) is 15.9. The van der Waals surface area contributed by atoms with Crippen LogP contribution in [0.3, 0.4) is 0 Å². The molecule has 0 saturated heterocycles. The number of aliphatic imine (C=N–C) groups is 1. The van der Waals surface area contributed by atoms with Gasteiger partial charge in [-0.15, -0.1) is 0 Å². The van der Waals surface area contributed by atoms with E-state index in [2.05, 4.69) is 65.1 Å². The molecule has 0 spiro atoms. The predicted octanol–water partition coefficient (Wildman–Crippen LogP) is 6.13. The van der Waals surface area contributed by atoms with Gasteiger partial charge in [0.2, 0.25) is 0 Å². The molecule has 3 rings (SSSR count). The minimum absolute atomic E-state index is 0.957. The van der Waals surface area contributed by atoms with Crippen LogP contribution in [0.2, 0.25) is 0 Å². The Hall–Kier alpha value is -2.20. The summed E-state index contributed by atoms with van der Waals surface area (Å²) in [5.74, 6) is 0. The third kappa shape index (κ3) is 4.39. The van der Waals surface area contributed by atoms with Gasteiger partial charge in [-0.1, -0.05) is 78.9 Å².